The van der Waals surface area contributed by atoms with Gasteiger partial charge in [0.25, 0.3) is 0 Å². The molecule has 0 aliphatic heterocycles. The van der Waals surface area contributed by atoms with E-state index in [-0.39, 0.29) is 6.10 Å². The van der Waals surface area contributed by atoms with E-state index in [4.69, 9.17) is 16.3 Å². The Morgan fingerprint density at radius 3 is 2.29 bits per heavy atom. The number of hydrogen-bond acceptors (Lipinski definition) is 2. The number of ether oxygens (including phenoxy) is 1. The van der Waals surface area contributed by atoms with Gasteiger partial charge in [0.1, 0.15) is 0 Å². The van der Waals surface area contributed by atoms with Crippen LogP contribution in [0.15, 0.2) is 24.3 Å². The van der Waals surface area contributed by atoms with Crippen LogP contribution >= 0.6 is 11.6 Å². The monoisotopic (exact) mass is 309 g/mol. The molecule has 1 aliphatic carbocycles. The Morgan fingerprint density at radius 2 is 1.71 bits per heavy atom. The average molecular weight is 310 g/mol. The molecule has 1 N–H and O–H groups in total. The zero-order chi connectivity index (χ0) is 15.1. The summed E-state index contributed by atoms with van der Waals surface area (Å²) in [5.74, 6) is 0. The van der Waals surface area contributed by atoms with Crippen LogP contribution in [0.25, 0.3) is 0 Å². The standard InChI is InChI=1S/C18H28ClNO/c1-14(2)20-13-18(15-9-11-16(19)12-10-15)21-17-7-5-3-4-6-8-17/h9-12,14,17-18,20H,3-8,13H2,1-2H3. The van der Waals surface area contributed by atoms with Crippen molar-refractivity contribution < 1.29 is 4.74 Å². The molecule has 0 aromatic heterocycles. The molecular formula is C18H28ClNO. The van der Waals surface area contributed by atoms with Gasteiger partial charge in [0.2, 0.25) is 0 Å². The summed E-state index contributed by atoms with van der Waals surface area (Å²) in [6.45, 7) is 5.20. The minimum absolute atomic E-state index is 0.118. The molecule has 1 atom stereocenters. The Hall–Kier alpha value is -0.570. The second kappa shape index (κ2) is 8.77. The molecule has 1 fully saturated rings. The summed E-state index contributed by atoms with van der Waals surface area (Å²) in [6.07, 6.45) is 8.24. The molecule has 0 spiro atoms. The summed E-state index contributed by atoms with van der Waals surface area (Å²) in [5.41, 5.74) is 1.22. The molecule has 1 saturated carbocycles. The van der Waals surface area contributed by atoms with E-state index >= 15 is 0 Å². The first-order chi connectivity index (χ1) is 10.1. The SMILES string of the molecule is CC(C)NCC(OC1CCCCCC1)c1ccc(Cl)cc1. The third kappa shape index (κ3) is 5.98. The lowest BCUT2D eigenvalue weighted by Gasteiger charge is -2.26. The Kier molecular flexibility index (Phi) is 7.01. The van der Waals surface area contributed by atoms with Crippen LogP contribution in [0.5, 0.6) is 0 Å². The van der Waals surface area contributed by atoms with E-state index in [0.717, 1.165) is 11.6 Å². The molecule has 0 saturated heterocycles. The molecular weight excluding hydrogens is 282 g/mol. The van der Waals surface area contributed by atoms with Gasteiger partial charge in [-0.3, -0.25) is 0 Å². The van der Waals surface area contributed by atoms with Crippen LogP contribution in [0, 0.1) is 0 Å². The smallest absolute Gasteiger partial charge is 0.0953 e. The minimum atomic E-state index is 0.118. The summed E-state index contributed by atoms with van der Waals surface area (Å²) in [5, 5.41) is 4.29. The second-order valence-electron chi connectivity index (χ2n) is 6.35. The third-order valence-corrected chi connectivity index (χ3v) is 4.36. The summed E-state index contributed by atoms with van der Waals surface area (Å²) in [6, 6.07) is 8.56. The predicted octanol–water partition coefficient (Wildman–Crippen LogP) is 5.12. The van der Waals surface area contributed by atoms with Crippen molar-refractivity contribution in [3.05, 3.63) is 34.9 Å². The number of nitrogens with one attached hydrogen (secondary N) is 1. The summed E-state index contributed by atoms with van der Waals surface area (Å²) >= 11 is 6.00. The third-order valence-electron chi connectivity index (χ3n) is 4.11. The molecule has 0 radical (unpaired) electrons. The van der Waals surface area contributed by atoms with Crippen LogP contribution in [0.4, 0.5) is 0 Å². The van der Waals surface area contributed by atoms with Crippen LogP contribution in [0.2, 0.25) is 5.02 Å². The van der Waals surface area contributed by atoms with Crippen LogP contribution in [-0.4, -0.2) is 18.7 Å². The maximum Gasteiger partial charge on any atom is 0.0953 e. The van der Waals surface area contributed by atoms with Gasteiger partial charge < -0.3 is 10.1 Å². The van der Waals surface area contributed by atoms with Gasteiger partial charge in [0, 0.05) is 17.6 Å². The molecule has 1 aliphatic rings. The van der Waals surface area contributed by atoms with Crippen LogP contribution in [-0.2, 0) is 4.74 Å². The molecule has 0 amide bonds. The van der Waals surface area contributed by atoms with E-state index in [1.165, 1.54) is 44.1 Å². The van der Waals surface area contributed by atoms with Crippen molar-refractivity contribution in [2.75, 3.05) is 6.54 Å². The van der Waals surface area contributed by atoms with Crippen LogP contribution < -0.4 is 5.32 Å². The predicted molar refractivity (Wildman–Crippen MR) is 89.9 cm³/mol. The van der Waals surface area contributed by atoms with Gasteiger partial charge in [0.05, 0.1) is 12.2 Å². The highest BCUT2D eigenvalue weighted by atomic mass is 35.5. The molecule has 2 rings (SSSR count). The molecule has 1 aromatic carbocycles. The molecule has 21 heavy (non-hydrogen) atoms. The van der Waals surface area contributed by atoms with E-state index in [1.54, 1.807) is 0 Å². The first-order valence-electron chi connectivity index (χ1n) is 8.29. The van der Waals surface area contributed by atoms with Crippen molar-refractivity contribution in [2.24, 2.45) is 0 Å². The van der Waals surface area contributed by atoms with Crippen molar-refractivity contribution in [1.82, 2.24) is 5.32 Å². The zero-order valence-electron chi connectivity index (χ0n) is 13.3. The Bertz CT molecular complexity index is 396. The maximum absolute atomic E-state index is 6.44. The second-order valence-corrected chi connectivity index (χ2v) is 6.79. The Morgan fingerprint density at radius 1 is 1.10 bits per heavy atom. The van der Waals surface area contributed by atoms with E-state index in [2.05, 4.69) is 31.3 Å². The lowest BCUT2D eigenvalue weighted by Crippen LogP contribution is -2.31. The Balaban J connectivity index is 2.01. The van der Waals surface area contributed by atoms with Gasteiger partial charge in [-0.2, -0.15) is 0 Å². The summed E-state index contributed by atoms with van der Waals surface area (Å²) in [7, 11) is 0. The van der Waals surface area contributed by atoms with Crippen molar-refractivity contribution in [3.8, 4) is 0 Å². The van der Waals surface area contributed by atoms with E-state index in [9.17, 15) is 0 Å². The molecule has 1 unspecified atom stereocenters. The molecule has 1 aromatic rings. The minimum Gasteiger partial charge on any atom is -0.369 e. The van der Waals surface area contributed by atoms with Crippen LogP contribution in [0.1, 0.15) is 64.0 Å². The van der Waals surface area contributed by atoms with Crippen molar-refractivity contribution in [1.29, 1.82) is 0 Å². The quantitative estimate of drug-likeness (QED) is 0.736. The van der Waals surface area contributed by atoms with Gasteiger partial charge in [-0.05, 0) is 30.5 Å². The van der Waals surface area contributed by atoms with Gasteiger partial charge in [0.15, 0.2) is 0 Å². The van der Waals surface area contributed by atoms with Crippen molar-refractivity contribution >= 4 is 11.6 Å². The highest BCUT2D eigenvalue weighted by Gasteiger charge is 2.20. The van der Waals surface area contributed by atoms with Gasteiger partial charge in [-0.15, -0.1) is 0 Å². The lowest BCUT2D eigenvalue weighted by molar-refractivity contribution is -0.0208. The topological polar surface area (TPSA) is 21.3 Å². The molecule has 2 nitrogen and oxygen atoms in total. The van der Waals surface area contributed by atoms with Gasteiger partial charge in [-0.25, -0.2) is 0 Å². The highest BCUT2D eigenvalue weighted by Crippen LogP contribution is 2.27. The number of hydrogen-bond donors (Lipinski definition) is 1. The van der Waals surface area contributed by atoms with Gasteiger partial charge >= 0.3 is 0 Å². The number of rotatable bonds is 6. The fourth-order valence-corrected chi connectivity index (χ4v) is 3.00. The highest BCUT2D eigenvalue weighted by molar-refractivity contribution is 6.30. The zero-order valence-corrected chi connectivity index (χ0v) is 14.0. The Labute approximate surface area is 134 Å². The fraction of sp³-hybridized carbons (Fsp3) is 0.667. The number of benzene rings is 1. The van der Waals surface area contributed by atoms with Crippen molar-refractivity contribution in [3.63, 3.8) is 0 Å². The molecule has 118 valence electrons. The first kappa shape index (κ1) is 16.8. The largest absolute Gasteiger partial charge is 0.369 e. The molecule has 3 heteroatoms. The first-order valence-corrected chi connectivity index (χ1v) is 8.67. The van der Waals surface area contributed by atoms with Gasteiger partial charge in [-0.1, -0.05) is 63.3 Å². The van der Waals surface area contributed by atoms with E-state index in [1.807, 2.05) is 12.1 Å². The van der Waals surface area contributed by atoms with Crippen molar-refractivity contribution in [2.45, 2.75) is 70.6 Å². The molecule has 0 heterocycles. The normalized spacial score (nSPS) is 18.7. The average Bonchev–Trinajstić information content (AvgIpc) is 2.73. The molecule has 0 bridgehead atoms. The lowest BCUT2D eigenvalue weighted by atomic mass is 10.1. The summed E-state index contributed by atoms with van der Waals surface area (Å²) in [4.78, 5) is 0. The van der Waals surface area contributed by atoms with Crippen LogP contribution in [0.3, 0.4) is 0 Å². The van der Waals surface area contributed by atoms with E-state index < -0.39 is 0 Å². The number of halogens is 1. The maximum atomic E-state index is 6.44. The van der Waals surface area contributed by atoms with E-state index in [0.29, 0.717) is 12.1 Å². The summed E-state index contributed by atoms with van der Waals surface area (Å²) < 4.78 is 6.44. The fourth-order valence-electron chi connectivity index (χ4n) is 2.88.